The van der Waals surface area contributed by atoms with Crippen LogP contribution in [0.4, 0.5) is 0 Å². The molecule has 0 radical (unpaired) electrons. The maximum atomic E-state index is 6.05. The molecule has 19 heavy (non-hydrogen) atoms. The van der Waals surface area contributed by atoms with Gasteiger partial charge in [-0.15, -0.1) is 0 Å². The Morgan fingerprint density at radius 2 is 1.63 bits per heavy atom. The first kappa shape index (κ1) is 14.7. The molecule has 0 atom stereocenters. The minimum atomic E-state index is -0.317. The van der Waals surface area contributed by atoms with Crippen molar-refractivity contribution in [2.75, 3.05) is 5.75 Å². The molecule has 0 aliphatic carbocycles. The molecule has 2 nitrogen and oxygen atoms in total. The van der Waals surface area contributed by atoms with Crippen LogP contribution in [0.25, 0.3) is 6.08 Å². The van der Waals surface area contributed by atoms with E-state index in [2.05, 4.69) is 58.5 Å². The summed E-state index contributed by atoms with van der Waals surface area (Å²) < 4.78 is 12.1. The summed E-state index contributed by atoms with van der Waals surface area (Å²) in [7, 11) is -0.317. The van der Waals surface area contributed by atoms with E-state index in [0.717, 1.165) is 11.0 Å². The largest absolute Gasteiger partial charge is 0.491 e. The van der Waals surface area contributed by atoms with Crippen LogP contribution < -0.4 is 0 Å². The van der Waals surface area contributed by atoms with Gasteiger partial charge in [0.1, 0.15) is 0 Å². The van der Waals surface area contributed by atoms with Gasteiger partial charge < -0.3 is 9.31 Å². The third-order valence-electron chi connectivity index (χ3n) is 3.89. The first-order valence-electron chi connectivity index (χ1n) is 6.58. The molecule has 4 heteroatoms. The fraction of sp³-hybridized carbons (Fsp3) is 0.467. The summed E-state index contributed by atoms with van der Waals surface area (Å²) in [6.45, 7) is 8.24. The molecular formula is C15H21BO2S. The lowest BCUT2D eigenvalue weighted by molar-refractivity contribution is 0.00578. The van der Waals surface area contributed by atoms with E-state index in [0.29, 0.717) is 5.75 Å². The molecule has 1 aromatic rings. The first-order chi connectivity index (χ1) is 8.86. The van der Waals surface area contributed by atoms with Crippen molar-refractivity contribution >= 4 is 25.8 Å². The number of rotatable bonds is 3. The smallest absolute Gasteiger partial charge is 0.400 e. The third kappa shape index (κ3) is 3.07. The lowest BCUT2D eigenvalue weighted by atomic mass is 9.78. The molecule has 0 amide bonds. The van der Waals surface area contributed by atoms with E-state index in [9.17, 15) is 0 Å². The zero-order valence-corrected chi connectivity index (χ0v) is 12.9. The molecule has 1 aliphatic rings. The van der Waals surface area contributed by atoms with Crippen LogP contribution in [0, 0.1) is 0 Å². The highest BCUT2D eigenvalue weighted by Crippen LogP contribution is 2.38. The zero-order chi connectivity index (χ0) is 14.1. The van der Waals surface area contributed by atoms with E-state index in [1.165, 1.54) is 0 Å². The van der Waals surface area contributed by atoms with Gasteiger partial charge in [0.05, 0.1) is 11.2 Å². The third-order valence-corrected chi connectivity index (χ3v) is 4.26. The number of thiol groups is 1. The van der Waals surface area contributed by atoms with Gasteiger partial charge in [-0.25, -0.2) is 0 Å². The Bertz CT molecular complexity index is 452. The van der Waals surface area contributed by atoms with Crippen LogP contribution in [-0.2, 0) is 9.31 Å². The molecule has 0 aromatic heterocycles. The molecule has 102 valence electrons. The van der Waals surface area contributed by atoms with Crippen molar-refractivity contribution in [1.82, 2.24) is 0 Å². The summed E-state index contributed by atoms with van der Waals surface area (Å²) >= 11 is 4.41. The van der Waals surface area contributed by atoms with E-state index in [4.69, 9.17) is 9.31 Å². The summed E-state index contributed by atoms with van der Waals surface area (Å²) in [5, 5.41) is 0. The average Bonchev–Trinajstić information content (AvgIpc) is 2.56. The van der Waals surface area contributed by atoms with Crippen molar-refractivity contribution in [1.29, 1.82) is 0 Å². The van der Waals surface area contributed by atoms with Crippen molar-refractivity contribution in [3.05, 3.63) is 41.4 Å². The second kappa shape index (κ2) is 5.35. The van der Waals surface area contributed by atoms with Crippen molar-refractivity contribution in [2.45, 2.75) is 38.9 Å². The Labute approximate surface area is 121 Å². The molecule has 1 fully saturated rings. The maximum Gasteiger partial charge on any atom is 0.491 e. The molecule has 0 spiro atoms. The Kier molecular flexibility index (Phi) is 4.14. The van der Waals surface area contributed by atoms with Gasteiger partial charge in [-0.05, 0) is 38.7 Å². The fourth-order valence-electron chi connectivity index (χ4n) is 1.95. The quantitative estimate of drug-likeness (QED) is 0.671. The molecular weight excluding hydrogens is 255 g/mol. The second-order valence-electron chi connectivity index (χ2n) is 5.88. The monoisotopic (exact) mass is 276 g/mol. The number of hydrogen-bond acceptors (Lipinski definition) is 3. The van der Waals surface area contributed by atoms with Crippen LogP contribution >= 0.6 is 12.6 Å². The lowest BCUT2D eigenvalue weighted by Crippen LogP contribution is -2.41. The topological polar surface area (TPSA) is 18.5 Å². The summed E-state index contributed by atoms with van der Waals surface area (Å²) in [5.74, 6) is 0.617. The molecule has 0 saturated carbocycles. The second-order valence-corrected chi connectivity index (χ2v) is 6.19. The van der Waals surface area contributed by atoms with Gasteiger partial charge >= 0.3 is 7.12 Å². The van der Waals surface area contributed by atoms with Crippen LogP contribution in [0.15, 0.2) is 35.8 Å². The van der Waals surface area contributed by atoms with Gasteiger partial charge in [-0.3, -0.25) is 0 Å². The van der Waals surface area contributed by atoms with Gasteiger partial charge in [0.25, 0.3) is 0 Å². The molecule has 1 heterocycles. The van der Waals surface area contributed by atoms with Crippen LogP contribution in [0.3, 0.4) is 0 Å². The molecule has 0 unspecified atom stereocenters. The molecule has 2 rings (SSSR count). The fourth-order valence-corrected chi connectivity index (χ4v) is 2.19. The van der Waals surface area contributed by atoms with Crippen molar-refractivity contribution in [3.63, 3.8) is 0 Å². The lowest BCUT2D eigenvalue weighted by Gasteiger charge is -2.32. The number of hydrogen-bond donors (Lipinski definition) is 1. The summed E-state index contributed by atoms with van der Waals surface area (Å²) in [6.07, 6.45) is 2.09. The van der Waals surface area contributed by atoms with Gasteiger partial charge in [-0.1, -0.05) is 36.4 Å². The highest BCUT2D eigenvalue weighted by atomic mass is 32.1. The molecule has 1 aliphatic heterocycles. The van der Waals surface area contributed by atoms with E-state index >= 15 is 0 Å². The molecule has 1 saturated heterocycles. The minimum absolute atomic E-state index is 0.309. The predicted molar refractivity (Wildman–Crippen MR) is 84.4 cm³/mol. The molecule has 1 aromatic carbocycles. The highest BCUT2D eigenvalue weighted by Gasteiger charge is 2.52. The van der Waals surface area contributed by atoms with Gasteiger partial charge in [0, 0.05) is 5.75 Å². The Morgan fingerprint density at radius 1 is 1.11 bits per heavy atom. The summed E-state index contributed by atoms with van der Waals surface area (Å²) in [6, 6.07) is 10.2. The van der Waals surface area contributed by atoms with Gasteiger partial charge in [0.15, 0.2) is 0 Å². The van der Waals surface area contributed by atoms with Crippen molar-refractivity contribution in [3.8, 4) is 0 Å². The molecule has 0 bridgehead atoms. The van der Waals surface area contributed by atoms with Crippen molar-refractivity contribution in [2.24, 2.45) is 0 Å². The first-order valence-corrected chi connectivity index (χ1v) is 7.21. The Morgan fingerprint density at radius 3 is 2.11 bits per heavy atom. The minimum Gasteiger partial charge on any atom is -0.400 e. The normalized spacial score (nSPS) is 21.7. The average molecular weight is 276 g/mol. The van der Waals surface area contributed by atoms with E-state index < -0.39 is 0 Å². The Hall–Kier alpha value is -0.705. The van der Waals surface area contributed by atoms with Crippen LogP contribution in [0.1, 0.15) is 33.3 Å². The predicted octanol–water partition coefficient (Wildman–Crippen LogP) is 3.63. The Balaban J connectivity index is 2.23. The summed E-state index contributed by atoms with van der Waals surface area (Å²) in [4.78, 5) is 0. The summed E-state index contributed by atoms with van der Waals surface area (Å²) in [5.41, 5.74) is 1.57. The molecule has 0 N–H and O–H groups in total. The number of benzene rings is 1. The SMILES string of the molecule is CC1(C)OB(C(=Cc2ccccc2)CS)OC1(C)C. The van der Waals surface area contributed by atoms with Crippen LogP contribution in [0.2, 0.25) is 0 Å². The van der Waals surface area contributed by atoms with E-state index in [1.807, 2.05) is 18.2 Å². The maximum absolute atomic E-state index is 6.05. The highest BCUT2D eigenvalue weighted by molar-refractivity contribution is 7.80. The zero-order valence-electron chi connectivity index (χ0n) is 12.0. The van der Waals surface area contributed by atoms with Crippen LogP contribution in [-0.4, -0.2) is 24.1 Å². The van der Waals surface area contributed by atoms with E-state index in [1.54, 1.807) is 0 Å². The van der Waals surface area contributed by atoms with E-state index in [-0.39, 0.29) is 18.3 Å². The van der Waals surface area contributed by atoms with Crippen molar-refractivity contribution < 1.29 is 9.31 Å². The van der Waals surface area contributed by atoms with Crippen LogP contribution in [0.5, 0.6) is 0 Å². The van der Waals surface area contributed by atoms with Gasteiger partial charge in [-0.2, -0.15) is 12.6 Å². The van der Waals surface area contributed by atoms with Gasteiger partial charge in [0.2, 0.25) is 0 Å². The standard InChI is InChI=1S/C15H21BO2S/c1-14(2)15(3,4)18-16(17-14)13(11-19)10-12-8-6-5-7-9-12/h5-10,19H,11H2,1-4H3.